The molecule has 1 aromatic carbocycles. The van der Waals surface area contributed by atoms with Gasteiger partial charge in [-0.25, -0.2) is 0 Å². The molecule has 106 valence electrons. The van der Waals surface area contributed by atoms with Gasteiger partial charge >= 0.3 is 5.97 Å². The molecule has 0 aliphatic rings. The van der Waals surface area contributed by atoms with Gasteiger partial charge in [0.15, 0.2) is 0 Å². The van der Waals surface area contributed by atoms with E-state index in [2.05, 4.69) is 36.1 Å². The molecule has 0 saturated carbocycles. The number of benzene rings is 1. The van der Waals surface area contributed by atoms with Crippen LogP contribution in [0.4, 0.5) is 0 Å². The minimum Gasteiger partial charge on any atom is -0.466 e. The van der Waals surface area contributed by atoms with E-state index in [1.165, 1.54) is 5.56 Å². The molecule has 3 heteroatoms. The van der Waals surface area contributed by atoms with Gasteiger partial charge in [-0.1, -0.05) is 37.3 Å². The number of nitrogens with zero attached hydrogens (tertiary/aromatic N) is 1. The van der Waals surface area contributed by atoms with Crippen molar-refractivity contribution in [2.24, 2.45) is 0 Å². The third kappa shape index (κ3) is 6.97. The Morgan fingerprint density at radius 3 is 2.53 bits per heavy atom. The molecule has 0 heterocycles. The summed E-state index contributed by atoms with van der Waals surface area (Å²) in [4.78, 5) is 13.6. The third-order valence-corrected chi connectivity index (χ3v) is 3.11. The van der Waals surface area contributed by atoms with Crippen molar-refractivity contribution in [1.29, 1.82) is 0 Å². The summed E-state index contributed by atoms with van der Waals surface area (Å²) in [5.74, 6) is -0.0754. The van der Waals surface area contributed by atoms with Gasteiger partial charge in [0.05, 0.1) is 6.61 Å². The molecule has 0 unspecified atom stereocenters. The van der Waals surface area contributed by atoms with E-state index in [0.717, 1.165) is 32.5 Å². The fourth-order valence-electron chi connectivity index (χ4n) is 2.03. The Hall–Kier alpha value is -1.35. The van der Waals surface area contributed by atoms with Crippen molar-refractivity contribution in [3.8, 4) is 0 Å². The minimum absolute atomic E-state index is 0.0754. The summed E-state index contributed by atoms with van der Waals surface area (Å²) >= 11 is 0. The van der Waals surface area contributed by atoms with Gasteiger partial charge in [0, 0.05) is 13.0 Å². The lowest BCUT2D eigenvalue weighted by Crippen LogP contribution is -2.24. The largest absolute Gasteiger partial charge is 0.466 e. The highest BCUT2D eigenvalue weighted by molar-refractivity contribution is 5.69. The molecule has 0 radical (unpaired) electrons. The minimum atomic E-state index is -0.0754. The van der Waals surface area contributed by atoms with Gasteiger partial charge in [-0.15, -0.1) is 0 Å². The zero-order valence-corrected chi connectivity index (χ0v) is 12.1. The van der Waals surface area contributed by atoms with E-state index in [-0.39, 0.29) is 5.97 Å². The normalized spacial score (nSPS) is 10.7. The number of esters is 1. The molecule has 0 aliphatic carbocycles. The van der Waals surface area contributed by atoms with Gasteiger partial charge in [-0.05, 0) is 38.4 Å². The number of hydrogen-bond donors (Lipinski definition) is 0. The van der Waals surface area contributed by atoms with E-state index in [9.17, 15) is 4.79 Å². The van der Waals surface area contributed by atoms with Crippen LogP contribution in [0.25, 0.3) is 0 Å². The van der Waals surface area contributed by atoms with Crippen molar-refractivity contribution in [2.75, 3.05) is 19.7 Å². The van der Waals surface area contributed by atoms with Crippen molar-refractivity contribution in [3.05, 3.63) is 35.9 Å². The molecule has 0 aromatic heterocycles. The monoisotopic (exact) mass is 263 g/mol. The molecule has 0 saturated heterocycles. The van der Waals surface area contributed by atoms with Crippen molar-refractivity contribution >= 4 is 5.97 Å². The second-order valence-corrected chi connectivity index (χ2v) is 4.62. The van der Waals surface area contributed by atoms with Crippen LogP contribution in [0.5, 0.6) is 0 Å². The van der Waals surface area contributed by atoms with E-state index in [0.29, 0.717) is 13.0 Å². The summed E-state index contributed by atoms with van der Waals surface area (Å²) in [6.07, 6.45) is 2.49. The van der Waals surface area contributed by atoms with Crippen LogP contribution in [-0.2, 0) is 16.1 Å². The molecule has 19 heavy (non-hydrogen) atoms. The van der Waals surface area contributed by atoms with Crippen LogP contribution in [0.15, 0.2) is 30.3 Å². The summed E-state index contributed by atoms with van der Waals surface area (Å²) in [6, 6.07) is 10.5. The van der Waals surface area contributed by atoms with E-state index >= 15 is 0 Å². The number of hydrogen-bond acceptors (Lipinski definition) is 3. The number of unbranched alkanes of at least 4 members (excludes halogenated alkanes) is 1. The highest BCUT2D eigenvalue weighted by Crippen LogP contribution is 2.06. The molecule has 1 rings (SSSR count). The number of carbonyl (C=O) groups is 1. The Bertz CT molecular complexity index is 351. The molecular weight excluding hydrogens is 238 g/mol. The topological polar surface area (TPSA) is 29.5 Å². The maximum atomic E-state index is 11.2. The van der Waals surface area contributed by atoms with Crippen molar-refractivity contribution in [3.63, 3.8) is 0 Å². The zero-order valence-electron chi connectivity index (χ0n) is 12.1. The van der Waals surface area contributed by atoms with Crippen LogP contribution in [0.2, 0.25) is 0 Å². The lowest BCUT2D eigenvalue weighted by molar-refractivity contribution is -0.143. The van der Waals surface area contributed by atoms with Gasteiger partial charge in [-0.3, -0.25) is 9.69 Å². The average Bonchev–Trinajstić information content (AvgIpc) is 2.43. The van der Waals surface area contributed by atoms with E-state index < -0.39 is 0 Å². The van der Waals surface area contributed by atoms with Gasteiger partial charge in [0.2, 0.25) is 0 Å². The quantitative estimate of drug-likeness (QED) is 0.506. The Morgan fingerprint density at radius 2 is 1.89 bits per heavy atom. The predicted molar refractivity (Wildman–Crippen MR) is 77.9 cm³/mol. The molecule has 0 amide bonds. The van der Waals surface area contributed by atoms with Crippen LogP contribution in [-0.4, -0.2) is 30.6 Å². The molecule has 0 atom stereocenters. The standard InChI is InChI=1S/C16H25NO2/c1-3-17(14-15-10-6-5-7-11-15)13-9-8-12-16(18)19-4-2/h5-7,10-11H,3-4,8-9,12-14H2,1-2H3. The third-order valence-electron chi connectivity index (χ3n) is 3.11. The van der Waals surface area contributed by atoms with Crippen molar-refractivity contribution in [1.82, 2.24) is 4.90 Å². The van der Waals surface area contributed by atoms with Crippen LogP contribution in [0, 0.1) is 0 Å². The smallest absolute Gasteiger partial charge is 0.305 e. The molecule has 1 aromatic rings. The van der Waals surface area contributed by atoms with Crippen LogP contribution < -0.4 is 0 Å². The second-order valence-electron chi connectivity index (χ2n) is 4.62. The first-order valence-corrected chi connectivity index (χ1v) is 7.18. The maximum Gasteiger partial charge on any atom is 0.305 e. The summed E-state index contributed by atoms with van der Waals surface area (Å²) in [6.45, 7) is 7.55. The van der Waals surface area contributed by atoms with Gasteiger partial charge < -0.3 is 4.74 Å². The van der Waals surface area contributed by atoms with Gasteiger partial charge in [0.25, 0.3) is 0 Å². The average molecular weight is 263 g/mol. The van der Waals surface area contributed by atoms with Crippen LogP contribution in [0.3, 0.4) is 0 Å². The first-order valence-electron chi connectivity index (χ1n) is 7.18. The highest BCUT2D eigenvalue weighted by atomic mass is 16.5. The molecule has 0 bridgehead atoms. The van der Waals surface area contributed by atoms with E-state index in [1.54, 1.807) is 0 Å². The number of rotatable bonds is 9. The second kappa shape index (κ2) is 9.56. The predicted octanol–water partition coefficient (Wildman–Crippen LogP) is 3.24. The summed E-state index contributed by atoms with van der Waals surface area (Å²) in [5, 5.41) is 0. The highest BCUT2D eigenvalue weighted by Gasteiger charge is 2.05. The lowest BCUT2D eigenvalue weighted by Gasteiger charge is -2.20. The fourth-order valence-corrected chi connectivity index (χ4v) is 2.03. The Balaban J connectivity index is 2.20. The van der Waals surface area contributed by atoms with E-state index in [4.69, 9.17) is 4.74 Å². The maximum absolute atomic E-state index is 11.2. The molecule has 0 N–H and O–H groups in total. The SMILES string of the molecule is CCOC(=O)CCCCN(CC)Cc1ccccc1. The molecule has 0 spiro atoms. The van der Waals surface area contributed by atoms with Gasteiger partial charge in [-0.2, -0.15) is 0 Å². The molecule has 0 fully saturated rings. The summed E-state index contributed by atoms with van der Waals surface area (Å²) in [5.41, 5.74) is 1.34. The first-order chi connectivity index (χ1) is 9.26. The summed E-state index contributed by atoms with van der Waals surface area (Å²) < 4.78 is 4.92. The lowest BCUT2D eigenvalue weighted by atomic mass is 10.2. The van der Waals surface area contributed by atoms with Crippen LogP contribution >= 0.6 is 0 Å². The Kier molecular flexibility index (Phi) is 7.91. The van der Waals surface area contributed by atoms with Crippen LogP contribution in [0.1, 0.15) is 38.7 Å². The Morgan fingerprint density at radius 1 is 1.16 bits per heavy atom. The van der Waals surface area contributed by atoms with Crippen molar-refractivity contribution in [2.45, 2.75) is 39.7 Å². The summed E-state index contributed by atoms with van der Waals surface area (Å²) in [7, 11) is 0. The zero-order chi connectivity index (χ0) is 13.9. The number of ether oxygens (including phenoxy) is 1. The molecule has 0 aliphatic heterocycles. The fraction of sp³-hybridized carbons (Fsp3) is 0.562. The van der Waals surface area contributed by atoms with Crippen molar-refractivity contribution < 1.29 is 9.53 Å². The van der Waals surface area contributed by atoms with E-state index in [1.807, 2.05) is 13.0 Å². The molecular formula is C16H25NO2. The van der Waals surface area contributed by atoms with Gasteiger partial charge in [0.1, 0.15) is 0 Å². The number of carbonyl (C=O) groups excluding carboxylic acids is 1. The Labute approximate surface area is 116 Å². The first kappa shape index (κ1) is 15.7. The molecule has 3 nitrogen and oxygen atoms in total.